The molecular formula is C15H23N3O4S. The molecule has 0 spiro atoms. The van der Waals surface area contributed by atoms with Crippen LogP contribution >= 0.6 is 0 Å². The van der Waals surface area contributed by atoms with Gasteiger partial charge in [-0.25, -0.2) is 12.7 Å². The highest BCUT2D eigenvalue weighted by atomic mass is 32.2. The van der Waals surface area contributed by atoms with Crippen LogP contribution in [0.1, 0.15) is 62.1 Å². The molecule has 0 N–H and O–H groups in total. The van der Waals surface area contributed by atoms with E-state index in [0.29, 0.717) is 31.5 Å². The van der Waals surface area contributed by atoms with Gasteiger partial charge in [-0.2, -0.15) is 4.98 Å². The minimum Gasteiger partial charge on any atom is -0.377 e. The molecule has 2 atom stereocenters. The molecular weight excluding hydrogens is 318 g/mol. The molecule has 2 aliphatic heterocycles. The topological polar surface area (TPSA) is 85.5 Å². The number of nitrogens with zero attached hydrogens (tertiary/aromatic N) is 3. The second-order valence-electron chi connectivity index (χ2n) is 6.88. The Hall–Kier alpha value is -0.990. The van der Waals surface area contributed by atoms with Crippen LogP contribution in [0.3, 0.4) is 0 Å². The molecule has 1 aromatic rings. The largest absolute Gasteiger partial charge is 0.377 e. The lowest BCUT2D eigenvalue weighted by atomic mass is 10.1. The van der Waals surface area contributed by atoms with E-state index in [0.717, 1.165) is 44.3 Å². The Kier molecular flexibility index (Phi) is 4.15. The van der Waals surface area contributed by atoms with Crippen molar-refractivity contribution >= 4 is 10.0 Å². The fraction of sp³-hybridized carbons (Fsp3) is 0.867. The van der Waals surface area contributed by atoms with Gasteiger partial charge in [0, 0.05) is 25.6 Å². The van der Waals surface area contributed by atoms with Gasteiger partial charge in [-0.05, 0) is 38.5 Å². The SMILES string of the molecule is O=S(=O)(CC1CCCCO1)N1CCC(c2nc(C3CC3)no2)C1. The number of hydrogen-bond donors (Lipinski definition) is 0. The van der Waals surface area contributed by atoms with Crippen molar-refractivity contribution in [1.82, 2.24) is 14.4 Å². The molecule has 128 valence electrons. The van der Waals surface area contributed by atoms with Gasteiger partial charge in [-0.15, -0.1) is 0 Å². The van der Waals surface area contributed by atoms with Gasteiger partial charge in [-0.1, -0.05) is 5.16 Å². The Balaban J connectivity index is 1.38. The summed E-state index contributed by atoms with van der Waals surface area (Å²) in [6.45, 7) is 1.65. The van der Waals surface area contributed by atoms with E-state index in [-0.39, 0.29) is 17.8 Å². The first-order valence-electron chi connectivity index (χ1n) is 8.55. The molecule has 23 heavy (non-hydrogen) atoms. The summed E-state index contributed by atoms with van der Waals surface area (Å²) in [5.74, 6) is 1.96. The monoisotopic (exact) mass is 341 g/mol. The van der Waals surface area contributed by atoms with Crippen molar-refractivity contribution < 1.29 is 17.7 Å². The zero-order chi connectivity index (χ0) is 15.9. The van der Waals surface area contributed by atoms with Crippen LogP contribution in [0.15, 0.2) is 4.52 Å². The second kappa shape index (κ2) is 6.14. The van der Waals surface area contributed by atoms with E-state index in [1.165, 1.54) is 0 Å². The van der Waals surface area contributed by atoms with Crippen LogP contribution < -0.4 is 0 Å². The van der Waals surface area contributed by atoms with E-state index in [9.17, 15) is 8.42 Å². The van der Waals surface area contributed by atoms with Crippen molar-refractivity contribution in [2.45, 2.75) is 56.5 Å². The minimum atomic E-state index is -3.28. The maximum atomic E-state index is 12.6. The molecule has 1 saturated carbocycles. The number of ether oxygens (including phenoxy) is 1. The van der Waals surface area contributed by atoms with Gasteiger partial charge in [0.15, 0.2) is 5.82 Å². The van der Waals surface area contributed by atoms with Gasteiger partial charge in [-0.3, -0.25) is 0 Å². The highest BCUT2D eigenvalue weighted by Crippen LogP contribution is 2.39. The molecule has 2 saturated heterocycles. The molecule has 8 heteroatoms. The fourth-order valence-corrected chi connectivity index (χ4v) is 5.12. The van der Waals surface area contributed by atoms with Crippen LogP contribution in [0.2, 0.25) is 0 Å². The summed E-state index contributed by atoms with van der Waals surface area (Å²) in [5.41, 5.74) is 0. The van der Waals surface area contributed by atoms with Crippen LogP contribution in [-0.4, -0.2) is 54.4 Å². The molecule has 0 aromatic carbocycles. The van der Waals surface area contributed by atoms with E-state index in [4.69, 9.17) is 9.26 Å². The highest BCUT2D eigenvalue weighted by molar-refractivity contribution is 7.89. The molecule has 0 amide bonds. The summed E-state index contributed by atoms with van der Waals surface area (Å²) in [6.07, 6.45) is 5.77. The number of aromatic nitrogens is 2. The average molecular weight is 341 g/mol. The van der Waals surface area contributed by atoms with E-state index in [1.54, 1.807) is 4.31 Å². The zero-order valence-electron chi connectivity index (χ0n) is 13.2. The van der Waals surface area contributed by atoms with Gasteiger partial charge in [0.2, 0.25) is 15.9 Å². The van der Waals surface area contributed by atoms with Gasteiger partial charge in [0.1, 0.15) is 0 Å². The van der Waals surface area contributed by atoms with Crippen LogP contribution in [0.4, 0.5) is 0 Å². The van der Waals surface area contributed by atoms with Crippen molar-refractivity contribution in [2.24, 2.45) is 0 Å². The first-order valence-corrected chi connectivity index (χ1v) is 10.2. The van der Waals surface area contributed by atoms with Crippen LogP contribution in [0.5, 0.6) is 0 Å². The Labute approximate surface area is 136 Å². The number of hydrogen-bond acceptors (Lipinski definition) is 6. The van der Waals surface area contributed by atoms with Crippen molar-refractivity contribution in [3.8, 4) is 0 Å². The molecule has 3 heterocycles. The lowest BCUT2D eigenvalue weighted by molar-refractivity contribution is 0.0299. The molecule has 4 rings (SSSR count). The molecule has 1 aromatic heterocycles. The maximum Gasteiger partial charge on any atom is 0.231 e. The van der Waals surface area contributed by atoms with Gasteiger partial charge < -0.3 is 9.26 Å². The highest BCUT2D eigenvalue weighted by Gasteiger charge is 2.37. The summed E-state index contributed by atoms with van der Waals surface area (Å²) in [6, 6.07) is 0. The smallest absolute Gasteiger partial charge is 0.231 e. The third-order valence-electron chi connectivity index (χ3n) is 4.96. The molecule has 7 nitrogen and oxygen atoms in total. The van der Waals surface area contributed by atoms with Crippen molar-refractivity contribution in [3.63, 3.8) is 0 Å². The lowest BCUT2D eigenvalue weighted by Gasteiger charge is -2.25. The summed E-state index contributed by atoms with van der Waals surface area (Å²) < 4.78 is 37.7. The first kappa shape index (κ1) is 15.5. The lowest BCUT2D eigenvalue weighted by Crippen LogP contribution is -2.37. The Morgan fingerprint density at radius 2 is 2.00 bits per heavy atom. The Morgan fingerprint density at radius 3 is 2.74 bits per heavy atom. The quantitative estimate of drug-likeness (QED) is 0.809. The predicted octanol–water partition coefficient (Wildman–Crippen LogP) is 1.64. The van der Waals surface area contributed by atoms with Crippen molar-refractivity contribution in [1.29, 1.82) is 0 Å². The molecule has 2 unspecified atom stereocenters. The van der Waals surface area contributed by atoms with E-state index in [2.05, 4.69) is 10.1 Å². The predicted molar refractivity (Wildman–Crippen MR) is 82.6 cm³/mol. The van der Waals surface area contributed by atoms with E-state index < -0.39 is 10.0 Å². The van der Waals surface area contributed by atoms with E-state index in [1.807, 2.05) is 0 Å². The zero-order valence-corrected chi connectivity index (χ0v) is 14.0. The normalized spacial score (nSPS) is 29.9. The number of sulfonamides is 1. The molecule has 3 aliphatic rings. The first-order chi connectivity index (χ1) is 11.1. The molecule has 0 bridgehead atoms. The standard InChI is InChI=1S/C15H23N3O4S/c19-23(20,10-13-3-1-2-8-21-13)18-7-6-12(9-18)15-16-14(17-22-15)11-4-5-11/h11-13H,1-10H2. The summed E-state index contributed by atoms with van der Waals surface area (Å²) in [7, 11) is -3.28. The van der Waals surface area contributed by atoms with Gasteiger partial charge in [0.25, 0.3) is 0 Å². The summed E-state index contributed by atoms with van der Waals surface area (Å²) >= 11 is 0. The Morgan fingerprint density at radius 1 is 1.13 bits per heavy atom. The molecule has 1 aliphatic carbocycles. The van der Waals surface area contributed by atoms with E-state index >= 15 is 0 Å². The third kappa shape index (κ3) is 3.44. The van der Waals surface area contributed by atoms with Crippen molar-refractivity contribution in [3.05, 3.63) is 11.7 Å². The molecule has 0 radical (unpaired) electrons. The maximum absolute atomic E-state index is 12.6. The second-order valence-corrected chi connectivity index (χ2v) is 8.89. The van der Waals surface area contributed by atoms with Crippen LogP contribution in [0, 0.1) is 0 Å². The van der Waals surface area contributed by atoms with Crippen molar-refractivity contribution in [2.75, 3.05) is 25.4 Å². The number of rotatable bonds is 5. The van der Waals surface area contributed by atoms with Gasteiger partial charge in [0.05, 0.1) is 17.8 Å². The fourth-order valence-electron chi connectivity index (χ4n) is 3.38. The van der Waals surface area contributed by atoms with Gasteiger partial charge >= 0.3 is 0 Å². The molecule has 3 fully saturated rings. The third-order valence-corrected chi connectivity index (χ3v) is 6.88. The average Bonchev–Trinajstić information content (AvgIpc) is 3.07. The summed E-state index contributed by atoms with van der Waals surface area (Å²) in [5, 5.41) is 4.03. The van der Waals surface area contributed by atoms with Crippen LogP contribution in [0.25, 0.3) is 0 Å². The summed E-state index contributed by atoms with van der Waals surface area (Å²) in [4.78, 5) is 4.46. The van der Waals surface area contributed by atoms with Crippen LogP contribution in [-0.2, 0) is 14.8 Å². The minimum absolute atomic E-state index is 0.0250. The Bertz CT molecular complexity index is 649.